The molecule has 0 fully saturated rings. The minimum atomic E-state index is -1.23. The molecular formula is C37H39N3O6. The van der Waals surface area contributed by atoms with Crippen LogP contribution in [0, 0.1) is 0 Å². The first-order chi connectivity index (χ1) is 22.3. The van der Waals surface area contributed by atoms with E-state index in [1.54, 1.807) is 14.0 Å². The molecule has 9 heteroatoms. The number of alkyl carbamates (subject to hydrolysis) is 1. The van der Waals surface area contributed by atoms with Crippen LogP contribution in [-0.4, -0.2) is 66.4 Å². The van der Waals surface area contributed by atoms with E-state index in [0.29, 0.717) is 6.54 Å². The molecule has 3 N–H and O–H groups in total. The first kappa shape index (κ1) is 32.4. The zero-order valence-corrected chi connectivity index (χ0v) is 26.0. The third-order valence-corrected chi connectivity index (χ3v) is 8.13. The lowest BCUT2D eigenvalue weighted by atomic mass is 9.98. The molecule has 0 aromatic heterocycles. The van der Waals surface area contributed by atoms with Gasteiger partial charge in [-0.1, -0.05) is 109 Å². The fourth-order valence-corrected chi connectivity index (χ4v) is 5.78. The largest absolute Gasteiger partial charge is 0.480 e. The molecule has 0 spiro atoms. The Morgan fingerprint density at radius 1 is 0.783 bits per heavy atom. The maximum Gasteiger partial charge on any atom is 0.407 e. The Labute approximate surface area is 269 Å². The molecule has 0 saturated carbocycles. The Hall–Kier alpha value is -4.99. The van der Waals surface area contributed by atoms with Crippen LogP contribution in [0.25, 0.3) is 11.1 Å². The predicted octanol–water partition coefficient (Wildman–Crippen LogP) is 5.20. The van der Waals surface area contributed by atoms with E-state index < -0.39 is 36.2 Å². The molecule has 0 bridgehead atoms. The minimum absolute atomic E-state index is 0.0485. The average Bonchev–Trinajstić information content (AvgIpc) is 3.39. The van der Waals surface area contributed by atoms with Gasteiger partial charge in [-0.05, 0) is 47.4 Å². The number of likely N-dealkylation sites (N-methyl/N-ethyl adjacent to an activating group) is 1. The van der Waals surface area contributed by atoms with Gasteiger partial charge in [-0.15, -0.1) is 0 Å². The fourth-order valence-electron chi connectivity index (χ4n) is 5.78. The molecule has 9 nitrogen and oxygen atoms in total. The third-order valence-electron chi connectivity index (χ3n) is 8.13. The highest BCUT2D eigenvalue weighted by Crippen LogP contribution is 2.44. The monoisotopic (exact) mass is 621 g/mol. The quantitative estimate of drug-likeness (QED) is 0.177. The Morgan fingerprint density at radius 2 is 1.33 bits per heavy atom. The summed E-state index contributed by atoms with van der Waals surface area (Å²) in [6.45, 7) is 2.47. The van der Waals surface area contributed by atoms with Gasteiger partial charge in [0.15, 0.2) is 0 Å². The van der Waals surface area contributed by atoms with Crippen molar-refractivity contribution in [2.45, 2.75) is 44.2 Å². The maximum atomic E-state index is 13.6. The third kappa shape index (κ3) is 8.18. The molecule has 1 aliphatic carbocycles. The van der Waals surface area contributed by atoms with E-state index in [1.807, 2.05) is 102 Å². The van der Waals surface area contributed by atoms with Gasteiger partial charge >= 0.3 is 12.1 Å². The second kappa shape index (κ2) is 15.3. The van der Waals surface area contributed by atoms with Gasteiger partial charge in [0.2, 0.25) is 5.91 Å². The molecule has 3 unspecified atom stereocenters. The lowest BCUT2D eigenvalue weighted by molar-refractivity contribution is -0.143. The van der Waals surface area contributed by atoms with E-state index in [-0.39, 0.29) is 25.7 Å². The number of aliphatic carboxylic acids is 1. The van der Waals surface area contributed by atoms with Crippen LogP contribution in [0.5, 0.6) is 0 Å². The summed E-state index contributed by atoms with van der Waals surface area (Å²) in [5, 5.41) is 15.2. The van der Waals surface area contributed by atoms with Crippen LogP contribution in [-0.2, 0) is 32.2 Å². The number of benzene rings is 4. The molecule has 3 atom stereocenters. The molecule has 0 aliphatic heterocycles. The number of rotatable bonds is 14. The van der Waals surface area contributed by atoms with Crippen molar-refractivity contribution in [3.05, 3.63) is 131 Å². The SMILES string of the molecule is CC(OCc1ccccc1)C(NC(=O)OCC1c2ccccc2-c2ccccc21)C(=O)NC(CN(C)Cc1ccccc1)C(=O)O. The van der Waals surface area contributed by atoms with Gasteiger partial charge < -0.3 is 25.2 Å². The van der Waals surface area contributed by atoms with E-state index >= 15 is 0 Å². The van der Waals surface area contributed by atoms with Crippen molar-refractivity contribution >= 4 is 18.0 Å². The molecule has 4 aromatic rings. The summed E-state index contributed by atoms with van der Waals surface area (Å²) in [5.41, 5.74) is 6.23. The van der Waals surface area contributed by atoms with Gasteiger partial charge in [-0.3, -0.25) is 9.69 Å². The highest BCUT2D eigenvalue weighted by molar-refractivity contribution is 5.90. The number of ether oxygens (including phenoxy) is 2. The van der Waals surface area contributed by atoms with Crippen LogP contribution in [0.4, 0.5) is 4.79 Å². The van der Waals surface area contributed by atoms with E-state index in [1.165, 1.54) is 0 Å². The van der Waals surface area contributed by atoms with Crippen molar-refractivity contribution in [2.24, 2.45) is 0 Å². The van der Waals surface area contributed by atoms with E-state index in [9.17, 15) is 19.5 Å². The van der Waals surface area contributed by atoms with Crippen molar-refractivity contribution in [2.75, 3.05) is 20.2 Å². The van der Waals surface area contributed by atoms with Gasteiger partial charge in [0.1, 0.15) is 18.7 Å². The molecule has 0 heterocycles. The normalized spacial score (nSPS) is 14.1. The van der Waals surface area contributed by atoms with Gasteiger partial charge in [0.25, 0.3) is 0 Å². The van der Waals surface area contributed by atoms with Crippen molar-refractivity contribution in [1.29, 1.82) is 0 Å². The van der Waals surface area contributed by atoms with Crippen LogP contribution in [0.15, 0.2) is 109 Å². The summed E-state index contributed by atoms with van der Waals surface area (Å²) >= 11 is 0. The summed E-state index contributed by atoms with van der Waals surface area (Å²) < 4.78 is 11.7. The average molecular weight is 622 g/mol. The maximum absolute atomic E-state index is 13.6. The zero-order chi connectivity index (χ0) is 32.5. The van der Waals surface area contributed by atoms with Crippen molar-refractivity contribution in [3.8, 4) is 11.1 Å². The Bertz CT molecular complexity index is 1590. The topological polar surface area (TPSA) is 117 Å². The number of hydrogen-bond acceptors (Lipinski definition) is 6. The molecule has 238 valence electrons. The van der Waals surface area contributed by atoms with Crippen LogP contribution in [0.1, 0.15) is 35.1 Å². The number of nitrogens with one attached hydrogen (secondary N) is 2. The van der Waals surface area contributed by atoms with Crippen LogP contribution in [0.3, 0.4) is 0 Å². The molecule has 0 radical (unpaired) electrons. The summed E-state index contributed by atoms with van der Waals surface area (Å²) in [5.74, 6) is -2.03. The molecule has 0 saturated heterocycles. The molecule has 1 aliphatic rings. The second-order valence-corrected chi connectivity index (χ2v) is 11.5. The van der Waals surface area contributed by atoms with Crippen LogP contribution in [0.2, 0.25) is 0 Å². The highest BCUT2D eigenvalue weighted by atomic mass is 16.5. The smallest absolute Gasteiger partial charge is 0.407 e. The summed E-state index contributed by atoms with van der Waals surface area (Å²) in [6.07, 6.45) is -1.61. The summed E-state index contributed by atoms with van der Waals surface area (Å²) in [6, 6.07) is 32.7. The predicted molar refractivity (Wildman–Crippen MR) is 175 cm³/mol. The van der Waals surface area contributed by atoms with Gasteiger partial charge in [-0.2, -0.15) is 0 Å². The Balaban J connectivity index is 1.26. The zero-order valence-electron chi connectivity index (χ0n) is 26.0. The minimum Gasteiger partial charge on any atom is -0.480 e. The van der Waals surface area contributed by atoms with Gasteiger partial charge in [0.05, 0.1) is 12.7 Å². The lowest BCUT2D eigenvalue weighted by Crippen LogP contribution is -2.58. The number of nitrogens with zero attached hydrogens (tertiary/aromatic N) is 1. The number of carbonyl (C=O) groups excluding carboxylic acids is 2. The number of hydrogen-bond donors (Lipinski definition) is 3. The van der Waals surface area contributed by atoms with Gasteiger partial charge in [-0.25, -0.2) is 9.59 Å². The van der Waals surface area contributed by atoms with E-state index in [0.717, 1.165) is 33.4 Å². The molecule has 4 aromatic carbocycles. The number of fused-ring (bicyclic) bond motifs is 3. The summed E-state index contributed by atoms with van der Waals surface area (Å²) in [7, 11) is 1.78. The standard InChI is InChI=1S/C37H39N3O6/c1-25(45-23-27-15-7-4-8-16-27)34(35(41)38-33(36(42)43)22-40(2)21-26-13-5-3-6-14-26)39-37(44)46-24-32-30-19-11-9-17-28(30)29-18-10-12-20-31(29)32/h3-20,25,32-34H,21-24H2,1-2H3,(H,38,41)(H,39,44)(H,42,43). The van der Waals surface area contributed by atoms with Crippen molar-refractivity contribution < 1.29 is 29.0 Å². The fraction of sp³-hybridized carbons (Fsp3) is 0.270. The molecule has 5 rings (SSSR count). The Kier molecular flexibility index (Phi) is 10.8. The molecule has 2 amide bonds. The van der Waals surface area contributed by atoms with Crippen LogP contribution < -0.4 is 10.6 Å². The number of carboxylic acids is 1. The summed E-state index contributed by atoms with van der Waals surface area (Å²) in [4.78, 5) is 40.9. The number of carbonyl (C=O) groups is 3. The second-order valence-electron chi connectivity index (χ2n) is 11.5. The number of carboxylic acid groups (broad SMARTS) is 1. The highest BCUT2D eigenvalue weighted by Gasteiger charge is 2.33. The number of amides is 2. The van der Waals surface area contributed by atoms with Crippen LogP contribution >= 0.6 is 0 Å². The molecule has 46 heavy (non-hydrogen) atoms. The first-order valence-corrected chi connectivity index (χ1v) is 15.3. The van der Waals surface area contributed by atoms with Crippen molar-refractivity contribution in [3.63, 3.8) is 0 Å². The van der Waals surface area contributed by atoms with E-state index in [2.05, 4.69) is 22.8 Å². The Morgan fingerprint density at radius 3 is 1.91 bits per heavy atom. The van der Waals surface area contributed by atoms with Crippen molar-refractivity contribution in [1.82, 2.24) is 15.5 Å². The van der Waals surface area contributed by atoms with E-state index in [4.69, 9.17) is 9.47 Å². The molecular weight excluding hydrogens is 582 g/mol. The first-order valence-electron chi connectivity index (χ1n) is 15.3. The lowest BCUT2D eigenvalue weighted by Gasteiger charge is -2.28. The van der Waals surface area contributed by atoms with Gasteiger partial charge in [0, 0.05) is 19.0 Å².